The second kappa shape index (κ2) is 4.30. The molecule has 1 aliphatic rings. The molecule has 0 aromatic heterocycles. The van der Waals surface area contributed by atoms with Gasteiger partial charge in [-0.25, -0.2) is 0 Å². The van der Waals surface area contributed by atoms with Crippen LogP contribution >= 0.6 is 0 Å². The van der Waals surface area contributed by atoms with Gasteiger partial charge in [0.2, 0.25) is 0 Å². The summed E-state index contributed by atoms with van der Waals surface area (Å²) in [6.07, 6.45) is 3.65. The maximum Gasteiger partial charge on any atom is 0.114 e. The molecule has 0 bridgehead atoms. The summed E-state index contributed by atoms with van der Waals surface area (Å²) in [4.78, 5) is 2.47. The molecule has 2 radical (unpaired) electrons. The number of hydrogen-bond acceptors (Lipinski definition) is 1. The molecular formula is C13H18BN. The molecule has 78 valence electrons. The Morgan fingerprint density at radius 1 is 1.27 bits per heavy atom. The molecule has 0 aliphatic carbocycles. The van der Waals surface area contributed by atoms with Gasteiger partial charge >= 0.3 is 0 Å². The summed E-state index contributed by atoms with van der Waals surface area (Å²) in [5.74, 6) is 0. The number of nitrogens with zero attached hydrogens (tertiary/aromatic N) is 1. The largest absolute Gasteiger partial charge is 0.369 e. The van der Waals surface area contributed by atoms with Gasteiger partial charge in [0.05, 0.1) is 0 Å². The lowest BCUT2D eigenvalue weighted by atomic mass is 9.87. The van der Waals surface area contributed by atoms with E-state index in [1.807, 2.05) is 6.07 Å². The van der Waals surface area contributed by atoms with Crippen molar-refractivity contribution < 1.29 is 0 Å². The van der Waals surface area contributed by atoms with Crippen molar-refractivity contribution in [2.45, 2.75) is 39.2 Å². The topological polar surface area (TPSA) is 3.24 Å². The molecule has 1 heterocycles. The van der Waals surface area contributed by atoms with Gasteiger partial charge in [0, 0.05) is 18.3 Å². The highest BCUT2D eigenvalue weighted by Crippen LogP contribution is 2.26. The molecule has 0 spiro atoms. The summed E-state index contributed by atoms with van der Waals surface area (Å²) in [5, 5.41) is 0. The van der Waals surface area contributed by atoms with Crippen LogP contribution in [0.25, 0.3) is 0 Å². The van der Waals surface area contributed by atoms with Gasteiger partial charge in [-0.05, 0) is 44.7 Å². The van der Waals surface area contributed by atoms with Crippen molar-refractivity contribution in [3.8, 4) is 0 Å². The number of fused-ring (bicyclic) bond motifs is 1. The second-order valence-corrected chi connectivity index (χ2v) is 4.59. The van der Waals surface area contributed by atoms with Crippen LogP contribution in [0.1, 0.15) is 32.3 Å². The average Bonchev–Trinajstić information content (AvgIpc) is 2.40. The summed E-state index contributed by atoms with van der Waals surface area (Å²) in [6, 6.07) is 6.85. The van der Waals surface area contributed by atoms with E-state index in [4.69, 9.17) is 7.85 Å². The van der Waals surface area contributed by atoms with Gasteiger partial charge in [0.1, 0.15) is 7.85 Å². The third-order valence-corrected chi connectivity index (χ3v) is 3.20. The standard InChI is InChI=1S/C13H18BN/c1-10(2)15-9-4-3-6-11-12(14)7-5-8-13(11)15/h5,7-8,10H,3-4,6,9H2,1-2H3. The quantitative estimate of drug-likeness (QED) is 0.625. The van der Waals surface area contributed by atoms with Gasteiger partial charge in [-0.2, -0.15) is 0 Å². The first kappa shape index (κ1) is 10.6. The van der Waals surface area contributed by atoms with Crippen molar-refractivity contribution >= 4 is 19.0 Å². The van der Waals surface area contributed by atoms with E-state index in [0.717, 1.165) is 18.4 Å². The molecule has 1 aromatic rings. The van der Waals surface area contributed by atoms with Crippen molar-refractivity contribution in [3.05, 3.63) is 23.8 Å². The summed E-state index contributed by atoms with van der Waals surface area (Å²) < 4.78 is 0. The van der Waals surface area contributed by atoms with E-state index in [1.54, 1.807) is 0 Å². The highest BCUT2D eigenvalue weighted by Gasteiger charge is 2.17. The second-order valence-electron chi connectivity index (χ2n) is 4.59. The molecule has 1 aromatic carbocycles. The normalized spacial score (nSPS) is 16.3. The van der Waals surface area contributed by atoms with Gasteiger partial charge in [-0.15, -0.1) is 0 Å². The smallest absolute Gasteiger partial charge is 0.114 e. The van der Waals surface area contributed by atoms with Gasteiger partial charge < -0.3 is 4.90 Å². The van der Waals surface area contributed by atoms with E-state index in [2.05, 4.69) is 30.9 Å². The van der Waals surface area contributed by atoms with Crippen molar-refractivity contribution in [2.75, 3.05) is 11.4 Å². The Morgan fingerprint density at radius 3 is 2.80 bits per heavy atom. The van der Waals surface area contributed by atoms with E-state index in [9.17, 15) is 0 Å². The maximum atomic E-state index is 6.05. The highest BCUT2D eigenvalue weighted by molar-refractivity contribution is 6.33. The lowest BCUT2D eigenvalue weighted by Crippen LogP contribution is -2.32. The van der Waals surface area contributed by atoms with Crippen molar-refractivity contribution in [2.24, 2.45) is 0 Å². The lowest BCUT2D eigenvalue weighted by Gasteiger charge is -2.29. The summed E-state index contributed by atoms with van der Waals surface area (Å²) in [6.45, 7) is 5.66. The van der Waals surface area contributed by atoms with Crippen LogP contribution in [-0.4, -0.2) is 20.4 Å². The number of hydrogen-bond donors (Lipinski definition) is 0. The number of anilines is 1. The molecular weight excluding hydrogens is 181 g/mol. The van der Waals surface area contributed by atoms with E-state index in [-0.39, 0.29) is 0 Å². The third kappa shape index (κ3) is 2.04. The predicted octanol–water partition coefficient (Wildman–Crippen LogP) is 2.03. The minimum Gasteiger partial charge on any atom is -0.369 e. The van der Waals surface area contributed by atoms with E-state index >= 15 is 0 Å². The highest BCUT2D eigenvalue weighted by atomic mass is 15.2. The summed E-state index contributed by atoms with van der Waals surface area (Å²) >= 11 is 0. The Labute approximate surface area is 93.9 Å². The van der Waals surface area contributed by atoms with Crippen molar-refractivity contribution in [3.63, 3.8) is 0 Å². The minimum atomic E-state index is 0.559. The van der Waals surface area contributed by atoms with E-state index in [1.165, 1.54) is 24.1 Å². The minimum absolute atomic E-state index is 0.559. The zero-order chi connectivity index (χ0) is 10.8. The molecule has 0 saturated heterocycles. The van der Waals surface area contributed by atoms with Crippen LogP contribution in [0.5, 0.6) is 0 Å². The van der Waals surface area contributed by atoms with Gasteiger partial charge in [-0.1, -0.05) is 17.6 Å². The van der Waals surface area contributed by atoms with Crippen LogP contribution in [0.3, 0.4) is 0 Å². The van der Waals surface area contributed by atoms with Gasteiger partial charge in [0.15, 0.2) is 0 Å². The van der Waals surface area contributed by atoms with Crippen molar-refractivity contribution in [1.29, 1.82) is 0 Å². The Kier molecular flexibility index (Phi) is 3.04. The van der Waals surface area contributed by atoms with Crippen LogP contribution in [0.2, 0.25) is 0 Å². The summed E-state index contributed by atoms with van der Waals surface area (Å²) in [7, 11) is 6.05. The predicted molar refractivity (Wildman–Crippen MR) is 67.3 cm³/mol. The molecule has 15 heavy (non-hydrogen) atoms. The van der Waals surface area contributed by atoms with Crippen LogP contribution in [0, 0.1) is 0 Å². The fourth-order valence-electron chi connectivity index (χ4n) is 2.37. The Hall–Kier alpha value is -0.915. The summed E-state index contributed by atoms with van der Waals surface area (Å²) in [5.41, 5.74) is 3.66. The first-order chi connectivity index (χ1) is 7.20. The fraction of sp³-hybridized carbons (Fsp3) is 0.538. The molecule has 0 atom stereocenters. The number of benzene rings is 1. The molecule has 1 nitrogen and oxygen atoms in total. The SMILES string of the molecule is [B]c1cccc2c1CCCCN2C(C)C. The molecule has 0 fully saturated rings. The monoisotopic (exact) mass is 199 g/mol. The van der Waals surface area contributed by atoms with Crippen molar-refractivity contribution in [1.82, 2.24) is 0 Å². The zero-order valence-corrected chi connectivity index (χ0v) is 9.66. The van der Waals surface area contributed by atoms with Gasteiger partial charge in [-0.3, -0.25) is 0 Å². The molecule has 2 heteroatoms. The first-order valence-electron chi connectivity index (χ1n) is 5.84. The Balaban J connectivity index is 2.45. The molecule has 0 amide bonds. The molecule has 1 aliphatic heterocycles. The third-order valence-electron chi connectivity index (χ3n) is 3.20. The van der Waals surface area contributed by atoms with Crippen LogP contribution in [-0.2, 0) is 6.42 Å². The number of rotatable bonds is 1. The first-order valence-corrected chi connectivity index (χ1v) is 5.84. The van der Waals surface area contributed by atoms with Crippen LogP contribution in [0.15, 0.2) is 18.2 Å². The van der Waals surface area contributed by atoms with Crippen LogP contribution in [0.4, 0.5) is 5.69 Å². The van der Waals surface area contributed by atoms with E-state index in [0.29, 0.717) is 6.04 Å². The average molecular weight is 199 g/mol. The van der Waals surface area contributed by atoms with Gasteiger partial charge in [0.25, 0.3) is 0 Å². The lowest BCUT2D eigenvalue weighted by molar-refractivity contribution is 0.652. The maximum absolute atomic E-state index is 6.05. The Morgan fingerprint density at radius 2 is 2.07 bits per heavy atom. The molecule has 0 saturated carbocycles. The molecule has 0 unspecified atom stereocenters. The van der Waals surface area contributed by atoms with Crippen LogP contribution < -0.4 is 10.4 Å². The fourth-order valence-corrected chi connectivity index (χ4v) is 2.37. The van der Waals surface area contributed by atoms with E-state index < -0.39 is 0 Å². The zero-order valence-electron chi connectivity index (χ0n) is 9.66. The Bertz CT molecular complexity index is 346. The molecule has 0 N–H and O–H groups in total. The molecule has 2 rings (SSSR count).